The van der Waals surface area contributed by atoms with Gasteiger partial charge in [0.15, 0.2) is 0 Å². The number of halogens is 1. The Morgan fingerprint density at radius 1 is 1.20 bits per heavy atom. The van der Waals surface area contributed by atoms with E-state index in [4.69, 9.17) is 0 Å². The molecule has 0 aliphatic carbocycles. The fourth-order valence-electron chi connectivity index (χ4n) is 0.929. The van der Waals surface area contributed by atoms with Crippen LogP contribution in [0.15, 0.2) is 28.3 Å². The Morgan fingerprint density at radius 3 is 3.00 bits per heavy atom. The molecule has 0 unspecified atom stereocenters. The van der Waals surface area contributed by atoms with Crippen molar-refractivity contribution >= 4 is 51.8 Å². The first kappa shape index (κ1) is 7.15. The van der Waals surface area contributed by atoms with Gasteiger partial charge in [-0.05, 0) is 0 Å². The zero-order valence-corrected chi connectivity index (χ0v) is 9.66. The zero-order chi connectivity index (χ0) is 6.97. The van der Waals surface area contributed by atoms with Gasteiger partial charge in [0.1, 0.15) is 0 Å². The van der Waals surface area contributed by atoms with Crippen LogP contribution in [0.5, 0.6) is 0 Å². The standard InChI is InChI=1S/C8H5ITe/c9-7-2-1-6-3-4-10-8(6)5-7/h1-5H. The normalized spacial score (nSPS) is 10.5. The van der Waals surface area contributed by atoms with Crippen molar-refractivity contribution in [1.29, 1.82) is 0 Å². The molecule has 0 nitrogen and oxygen atoms in total. The minimum absolute atomic E-state index is 0.0573. The topological polar surface area (TPSA) is 0 Å². The SMILES string of the molecule is Ic1ccc2cc[te]c2c1. The molecule has 0 fully saturated rings. The molecule has 1 aromatic carbocycles. The summed E-state index contributed by atoms with van der Waals surface area (Å²) in [7, 11) is 0. The van der Waals surface area contributed by atoms with Crippen LogP contribution < -0.4 is 0 Å². The van der Waals surface area contributed by atoms with Gasteiger partial charge in [-0.2, -0.15) is 0 Å². The number of benzene rings is 1. The molecule has 0 aliphatic heterocycles. The second-order valence-corrected chi connectivity index (χ2v) is 6.05. The fourth-order valence-corrected chi connectivity index (χ4v) is 4.44. The van der Waals surface area contributed by atoms with Gasteiger partial charge in [0, 0.05) is 0 Å². The van der Waals surface area contributed by atoms with E-state index in [0.29, 0.717) is 0 Å². The van der Waals surface area contributed by atoms with E-state index >= 15 is 0 Å². The summed E-state index contributed by atoms with van der Waals surface area (Å²) in [4.78, 5) is 0. The van der Waals surface area contributed by atoms with Crippen molar-refractivity contribution < 1.29 is 0 Å². The summed E-state index contributed by atoms with van der Waals surface area (Å²) in [6, 6.07) is 8.93. The number of hydrogen-bond donors (Lipinski definition) is 0. The van der Waals surface area contributed by atoms with Gasteiger partial charge >= 0.3 is 83.7 Å². The molecule has 2 rings (SSSR count). The van der Waals surface area contributed by atoms with E-state index in [1.54, 1.807) is 3.40 Å². The molecule has 0 N–H and O–H groups in total. The molecule has 1 aromatic heterocycles. The molecule has 50 valence electrons. The molecule has 2 aromatic rings. The number of fused-ring (bicyclic) bond motifs is 1. The van der Waals surface area contributed by atoms with Gasteiger partial charge in [0.2, 0.25) is 0 Å². The molecule has 0 amide bonds. The molecule has 1 heterocycles. The van der Waals surface area contributed by atoms with Crippen LogP contribution in [0, 0.1) is 3.57 Å². The molecule has 0 saturated heterocycles. The summed E-state index contributed by atoms with van der Waals surface area (Å²) in [5.74, 6) is 0. The van der Waals surface area contributed by atoms with Crippen molar-refractivity contribution in [2.24, 2.45) is 0 Å². The Bertz CT molecular complexity index is 351. The van der Waals surface area contributed by atoms with Gasteiger partial charge in [-0.1, -0.05) is 0 Å². The summed E-state index contributed by atoms with van der Waals surface area (Å²) >= 11 is 2.42. The first-order valence-electron chi connectivity index (χ1n) is 2.99. The fraction of sp³-hybridized carbons (Fsp3) is 0. The second-order valence-electron chi connectivity index (χ2n) is 2.10. The molecule has 0 bridgehead atoms. The zero-order valence-electron chi connectivity index (χ0n) is 5.17. The van der Waals surface area contributed by atoms with Crippen LogP contribution in [0.1, 0.15) is 0 Å². The molecule has 0 saturated carbocycles. The third-order valence-electron chi connectivity index (χ3n) is 1.42. The van der Waals surface area contributed by atoms with E-state index in [-0.39, 0.29) is 20.4 Å². The van der Waals surface area contributed by atoms with E-state index in [1.165, 1.54) is 8.96 Å². The molecule has 0 radical (unpaired) electrons. The predicted molar refractivity (Wildman–Crippen MR) is 53.6 cm³/mol. The number of rotatable bonds is 0. The molecular weight excluding hydrogens is 351 g/mol. The average Bonchev–Trinajstić information content (AvgIpc) is 2.33. The van der Waals surface area contributed by atoms with Gasteiger partial charge in [-0.25, -0.2) is 0 Å². The first-order chi connectivity index (χ1) is 4.86. The van der Waals surface area contributed by atoms with Crippen molar-refractivity contribution in [2.45, 2.75) is 0 Å². The monoisotopic (exact) mass is 358 g/mol. The third-order valence-corrected chi connectivity index (χ3v) is 4.60. The van der Waals surface area contributed by atoms with E-state index in [9.17, 15) is 0 Å². The average molecular weight is 356 g/mol. The minimum atomic E-state index is 0.0573. The molecule has 0 aliphatic rings. The van der Waals surface area contributed by atoms with E-state index < -0.39 is 0 Å². The van der Waals surface area contributed by atoms with Gasteiger partial charge in [-0.15, -0.1) is 0 Å². The summed E-state index contributed by atoms with van der Waals surface area (Å²) in [6.07, 6.45) is 0. The van der Waals surface area contributed by atoms with Crippen LogP contribution in [0.4, 0.5) is 0 Å². The molecule has 0 atom stereocenters. The van der Waals surface area contributed by atoms with Crippen molar-refractivity contribution in [3.8, 4) is 0 Å². The Kier molecular flexibility index (Phi) is 2.03. The summed E-state index contributed by atoms with van der Waals surface area (Å²) in [5.41, 5.74) is 0. The van der Waals surface area contributed by atoms with Crippen LogP contribution in [0.2, 0.25) is 0 Å². The first-order valence-corrected chi connectivity index (χ1v) is 6.58. The Morgan fingerprint density at radius 2 is 2.10 bits per heavy atom. The van der Waals surface area contributed by atoms with Gasteiger partial charge in [0.05, 0.1) is 0 Å². The summed E-state index contributed by atoms with van der Waals surface area (Å²) in [6.45, 7) is 0. The van der Waals surface area contributed by atoms with Gasteiger partial charge < -0.3 is 0 Å². The van der Waals surface area contributed by atoms with Crippen molar-refractivity contribution in [2.75, 3.05) is 0 Å². The maximum absolute atomic E-state index is 2.37. The van der Waals surface area contributed by atoms with E-state index in [0.717, 1.165) is 0 Å². The quantitative estimate of drug-likeness (QED) is 0.503. The molecule has 2 heteroatoms. The van der Waals surface area contributed by atoms with Crippen LogP contribution in [-0.2, 0) is 0 Å². The summed E-state index contributed by atoms with van der Waals surface area (Å²) < 4.78 is 5.30. The van der Waals surface area contributed by atoms with Crippen LogP contribution >= 0.6 is 22.6 Å². The predicted octanol–water partition coefficient (Wildman–Crippen LogP) is 2.50. The van der Waals surface area contributed by atoms with E-state index in [1.807, 2.05) is 0 Å². The maximum atomic E-state index is 2.37. The molecular formula is C8H5ITe. The molecule has 0 spiro atoms. The Labute approximate surface area is 83.0 Å². The van der Waals surface area contributed by atoms with Gasteiger partial charge in [-0.3, -0.25) is 0 Å². The van der Waals surface area contributed by atoms with Crippen molar-refractivity contribution in [1.82, 2.24) is 0 Å². The Balaban J connectivity index is 2.86. The van der Waals surface area contributed by atoms with Crippen molar-refractivity contribution in [3.63, 3.8) is 0 Å². The van der Waals surface area contributed by atoms with Crippen LogP contribution in [0.25, 0.3) is 8.79 Å². The Hall–Kier alpha value is 0.480. The summed E-state index contributed by atoms with van der Waals surface area (Å²) in [5, 5.41) is 1.45. The van der Waals surface area contributed by atoms with Crippen LogP contribution in [0.3, 0.4) is 0 Å². The van der Waals surface area contributed by atoms with E-state index in [2.05, 4.69) is 50.9 Å². The third kappa shape index (κ3) is 1.25. The van der Waals surface area contributed by atoms with Gasteiger partial charge in [0.25, 0.3) is 0 Å². The van der Waals surface area contributed by atoms with Crippen molar-refractivity contribution in [3.05, 3.63) is 31.9 Å². The molecule has 10 heavy (non-hydrogen) atoms. The second kappa shape index (κ2) is 2.84. The number of hydrogen-bond acceptors (Lipinski definition) is 0. The van der Waals surface area contributed by atoms with Crippen LogP contribution in [-0.4, -0.2) is 20.4 Å².